The maximum atomic E-state index is 13.2. The fraction of sp³-hybridized carbons (Fsp3) is 0.943. The van der Waals surface area contributed by atoms with Gasteiger partial charge in [0.2, 0.25) is 5.91 Å². The molecule has 0 aromatic carbocycles. The Balaban J connectivity index is 2.02. The van der Waals surface area contributed by atoms with Gasteiger partial charge in [-0.1, -0.05) is 462 Å². The highest BCUT2D eigenvalue weighted by atomic mass is 16.7. The van der Waals surface area contributed by atoms with Crippen molar-refractivity contribution in [2.24, 2.45) is 0 Å². The molecule has 7 atom stereocenters. The molecule has 0 saturated carbocycles. The van der Waals surface area contributed by atoms with Gasteiger partial charge in [0.15, 0.2) is 6.29 Å². The average Bonchev–Trinajstić information content (AvgIpc) is 0.873. The lowest BCUT2D eigenvalue weighted by molar-refractivity contribution is -0.302. The number of ether oxygens (including phenoxy) is 2. The Labute approximate surface area is 604 Å². The van der Waals surface area contributed by atoms with Crippen LogP contribution in [0.2, 0.25) is 0 Å². The quantitative estimate of drug-likeness (QED) is 0.0261. The fourth-order valence-corrected chi connectivity index (χ4v) is 14.7. The first kappa shape index (κ1) is 93.7. The molecule has 1 rings (SSSR count). The summed E-state index contributed by atoms with van der Waals surface area (Å²) < 4.78 is 11.4. The Bertz CT molecular complexity index is 1590. The number of hydrogen-bond acceptors (Lipinski definition) is 8. The Morgan fingerprint density at radius 1 is 0.340 bits per heavy atom. The van der Waals surface area contributed by atoms with Gasteiger partial charge in [0, 0.05) is 6.42 Å². The SMILES string of the molecule is CCCCCCCCCCCCCCCCCCCCCCCCCCCCC/C=C/CC/C=C/C(O)C(COC1OC(CO)C(O)C(O)C1O)NC(=O)CCCCCCCCCCCCCCCCCCCCCCCCCCCCCCCCCCCCCCCCCCC. The maximum absolute atomic E-state index is 13.2. The topological polar surface area (TPSA) is 149 Å². The summed E-state index contributed by atoms with van der Waals surface area (Å²) in [5.41, 5.74) is 0. The molecule has 9 heteroatoms. The van der Waals surface area contributed by atoms with Crippen LogP contribution in [0, 0.1) is 0 Å². The second-order valence-electron chi connectivity index (χ2n) is 31.0. The molecule has 1 aliphatic heterocycles. The average molecular weight is 1370 g/mol. The summed E-state index contributed by atoms with van der Waals surface area (Å²) in [7, 11) is 0. The molecule has 1 fully saturated rings. The summed E-state index contributed by atoms with van der Waals surface area (Å²) in [5.74, 6) is -0.175. The first-order valence-electron chi connectivity index (χ1n) is 44.1. The third kappa shape index (κ3) is 65.2. The summed E-state index contributed by atoms with van der Waals surface area (Å²) in [6.45, 7) is 3.85. The lowest BCUT2D eigenvalue weighted by atomic mass is 9.99. The number of nitrogens with one attached hydrogen (secondary N) is 1. The van der Waals surface area contributed by atoms with Crippen LogP contribution in [0.3, 0.4) is 0 Å². The first-order chi connectivity index (χ1) is 47.8. The number of aliphatic hydroxyl groups excluding tert-OH is 5. The molecule has 0 aliphatic carbocycles. The van der Waals surface area contributed by atoms with Crippen molar-refractivity contribution in [1.29, 1.82) is 0 Å². The monoisotopic (exact) mass is 1370 g/mol. The lowest BCUT2D eigenvalue weighted by Crippen LogP contribution is -2.60. The molecule has 7 unspecified atom stereocenters. The minimum absolute atomic E-state index is 0.175. The second-order valence-corrected chi connectivity index (χ2v) is 31.0. The van der Waals surface area contributed by atoms with E-state index in [2.05, 4.69) is 31.3 Å². The molecule has 0 aromatic rings. The van der Waals surface area contributed by atoms with Crippen molar-refractivity contribution in [3.63, 3.8) is 0 Å². The molecule has 97 heavy (non-hydrogen) atoms. The summed E-state index contributed by atoms with van der Waals surface area (Å²) in [6.07, 6.45) is 98.2. The summed E-state index contributed by atoms with van der Waals surface area (Å²) >= 11 is 0. The van der Waals surface area contributed by atoms with Crippen LogP contribution in [0.4, 0.5) is 0 Å². The number of hydrogen-bond donors (Lipinski definition) is 6. The van der Waals surface area contributed by atoms with Crippen molar-refractivity contribution in [2.45, 2.75) is 519 Å². The van der Waals surface area contributed by atoms with Crippen LogP contribution in [0.15, 0.2) is 24.3 Å². The Morgan fingerprint density at radius 3 is 0.866 bits per heavy atom. The number of rotatable bonds is 80. The molecule has 1 heterocycles. The number of carbonyl (C=O) groups excluding carboxylic acids is 1. The number of carbonyl (C=O) groups is 1. The smallest absolute Gasteiger partial charge is 0.220 e. The molecule has 1 saturated heterocycles. The van der Waals surface area contributed by atoms with E-state index in [0.717, 1.165) is 38.5 Å². The minimum atomic E-state index is -1.57. The standard InChI is InChI=1S/C88H171NO8/c1-3-5-7-9-11-13-15-17-19-21-23-25-27-29-31-33-35-37-38-39-40-41-42-43-44-46-48-50-52-54-56-58-60-62-64-66-68-70-72-74-76-78-84(92)89-81(80-96-88-87(95)86(94)85(93)83(79-90)97-88)82(91)77-75-73-71-69-67-65-63-61-59-57-55-53-51-49-47-45-36-34-32-30-28-26-24-22-20-18-16-14-12-10-8-6-4-2/h67,69,75,77,81-83,85-88,90-91,93-95H,3-66,68,70-74,76,78-80H2,1-2H3,(H,89,92)/b69-67+,77-75+. The summed E-state index contributed by atoms with van der Waals surface area (Å²) in [5, 5.41) is 55.0. The van der Waals surface area contributed by atoms with Crippen molar-refractivity contribution in [2.75, 3.05) is 13.2 Å². The van der Waals surface area contributed by atoms with E-state index in [1.165, 1.54) is 417 Å². The minimum Gasteiger partial charge on any atom is -0.394 e. The predicted molar refractivity (Wildman–Crippen MR) is 420 cm³/mol. The van der Waals surface area contributed by atoms with Gasteiger partial charge in [-0.05, 0) is 32.1 Å². The van der Waals surface area contributed by atoms with Gasteiger partial charge >= 0.3 is 0 Å². The van der Waals surface area contributed by atoms with Crippen LogP contribution in [0.5, 0.6) is 0 Å². The van der Waals surface area contributed by atoms with Gasteiger partial charge in [-0.15, -0.1) is 0 Å². The second kappa shape index (κ2) is 77.3. The van der Waals surface area contributed by atoms with E-state index in [-0.39, 0.29) is 12.5 Å². The number of aliphatic hydroxyl groups is 5. The van der Waals surface area contributed by atoms with Gasteiger partial charge in [-0.2, -0.15) is 0 Å². The third-order valence-electron chi connectivity index (χ3n) is 21.5. The molecule has 0 bridgehead atoms. The van der Waals surface area contributed by atoms with Crippen LogP contribution in [-0.2, 0) is 14.3 Å². The highest BCUT2D eigenvalue weighted by molar-refractivity contribution is 5.76. The zero-order valence-corrected chi connectivity index (χ0v) is 65.1. The fourth-order valence-electron chi connectivity index (χ4n) is 14.7. The molecule has 1 amide bonds. The predicted octanol–water partition coefficient (Wildman–Crippen LogP) is 25.9. The number of allylic oxidation sites excluding steroid dienone is 3. The van der Waals surface area contributed by atoms with Crippen LogP contribution >= 0.6 is 0 Å². The number of unbranched alkanes of at least 4 members (excludes halogenated alkanes) is 68. The van der Waals surface area contributed by atoms with Gasteiger partial charge in [0.1, 0.15) is 24.4 Å². The van der Waals surface area contributed by atoms with Gasteiger partial charge in [-0.25, -0.2) is 0 Å². The van der Waals surface area contributed by atoms with Crippen LogP contribution in [0.1, 0.15) is 476 Å². The van der Waals surface area contributed by atoms with Crippen molar-refractivity contribution < 1.29 is 39.8 Å². The molecule has 0 spiro atoms. The van der Waals surface area contributed by atoms with E-state index >= 15 is 0 Å². The van der Waals surface area contributed by atoms with Gasteiger partial charge in [0.05, 0.1) is 25.4 Å². The molecule has 0 aromatic heterocycles. The van der Waals surface area contributed by atoms with E-state index in [1.807, 2.05) is 6.08 Å². The molecule has 9 nitrogen and oxygen atoms in total. The zero-order chi connectivity index (χ0) is 69.9. The van der Waals surface area contributed by atoms with E-state index in [1.54, 1.807) is 6.08 Å². The molecule has 6 N–H and O–H groups in total. The highest BCUT2D eigenvalue weighted by Gasteiger charge is 2.44. The van der Waals surface area contributed by atoms with Gasteiger partial charge in [0.25, 0.3) is 0 Å². The number of amides is 1. The first-order valence-corrected chi connectivity index (χ1v) is 44.1. The van der Waals surface area contributed by atoms with E-state index in [0.29, 0.717) is 6.42 Å². The summed E-state index contributed by atoms with van der Waals surface area (Å²) in [6, 6.07) is -0.822. The van der Waals surface area contributed by atoms with Crippen LogP contribution in [-0.4, -0.2) is 87.5 Å². The van der Waals surface area contributed by atoms with Crippen LogP contribution < -0.4 is 5.32 Å². The van der Waals surface area contributed by atoms with E-state index < -0.39 is 49.5 Å². The van der Waals surface area contributed by atoms with Gasteiger partial charge < -0.3 is 40.3 Å². The van der Waals surface area contributed by atoms with Crippen molar-refractivity contribution in [3.05, 3.63) is 24.3 Å². The molecule has 0 radical (unpaired) electrons. The Kier molecular flexibility index (Phi) is 74.6. The molecular weight excluding hydrogens is 1200 g/mol. The molecule has 1 aliphatic rings. The van der Waals surface area contributed by atoms with Crippen LogP contribution in [0.25, 0.3) is 0 Å². The molecule has 576 valence electrons. The van der Waals surface area contributed by atoms with Crippen molar-refractivity contribution >= 4 is 5.91 Å². The van der Waals surface area contributed by atoms with Crippen molar-refractivity contribution in [1.82, 2.24) is 5.32 Å². The highest BCUT2D eigenvalue weighted by Crippen LogP contribution is 2.25. The maximum Gasteiger partial charge on any atom is 0.220 e. The largest absolute Gasteiger partial charge is 0.394 e. The summed E-state index contributed by atoms with van der Waals surface area (Å²) in [4.78, 5) is 13.2. The van der Waals surface area contributed by atoms with Gasteiger partial charge in [-0.3, -0.25) is 4.79 Å². The zero-order valence-electron chi connectivity index (χ0n) is 65.1. The Morgan fingerprint density at radius 2 is 0.588 bits per heavy atom. The molecular formula is C88H171NO8. The van der Waals surface area contributed by atoms with Crippen molar-refractivity contribution in [3.8, 4) is 0 Å². The third-order valence-corrected chi connectivity index (χ3v) is 21.5. The van der Waals surface area contributed by atoms with E-state index in [4.69, 9.17) is 9.47 Å². The normalized spacial score (nSPS) is 17.4. The lowest BCUT2D eigenvalue weighted by Gasteiger charge is -2.40. The van der Waals surface area contributed by atoms with E-state index in [9.17, 15) is 30.3 Å². The Hall–Kier alpha value is -1.33.